The molecule has 0 N–H and O–H groups in total. The Bertz CT molecular complexity index is 3460. The van der Waals surface area contributed by atoms with Crippen LogP contribution < -0.4 is 0 Å². The van der Waals surface area contributed by atoms with Crippen LogP contribution in [0.25, 0.3) is 115 Å². The van der Waals surface area contributed by atoms with E-state index in [9.17, 15) is 0 Å². The van der Waals surface area contributed by atoms with Gasteiger partial charge < -0.3 is 0 Å². The topological polar surface area (TPSA) is 17.8 Å². The molecule has 0 fully saturated rings. The number of rotatable bonds is 4. The summed E-state index contributed by atoms with van der Waals surface area (Å²) >= 11 is 0. The minimum Gasteiger partial charge on any atom is -0.292 e. The molecule has 12 rings (SSSR count). The molecule has 0 aliphatic heterocycles. The van der Waals surface area contributed by atoms with Crippen molar-refractivity contribution in [1.82, 2.24) is 9.55 Å². The lowest BCUT2D eigenvalue weighted by atomic mass is 9.87. The maximum absolute atomic E-state index is 5.90. The summed E-state index contributed by atoms with van der Waals surface area (Å²) in [7, 11) is 0. The molecule has 2 heteroatoms. The van der Waals surface area contributed by atoms with Gasteiger partial charge in [0.05, 0.1) is 11.0 Å². The molecular weight excluding hydrogens is 665 g/mol. The Kier molecular flexibility index (Phi) is 6.37. The van der Waals surface area contributed by atoms with E-state index in [1.54, 1.807) is 0 Å². The summed E-state index contributed by atoms with van der Waals surface area (Å²) < 4.78 is 2.44. The second kappa shape index (κ2) is 11.6. The van der Waals surface area contributed by atoms with Crippen LogP contribution in [0.5, 0.6) is 0 Å². The fourth-order valence-electron chi connectivity index (χ4n) is 9.37. The second-order valence-corrected chi connectivity index (χ2v) is 14.6. The highest BCUT2D eigenvalue weighted by atomic mass is 15.1. The quantitative estimate of drug-likeness (QED) is 0.168. The normalized spacial score (nSPS) is 12.0. The lowest BCUT2D eigenvalue weighted by Gasteiger charge is -2.19. The molecule has 0 saturated carbocycles. The largest absolute Gasteiger partial charge is 0.292 e. The maximum Gasteiger partial charge on any atom is 0.146 e. The van der Waals surface area contributed by atoms with Gasteiger partial charge in [-0.05, 0) is 94.0 Å². The van der Waals surface area contributed by atoms with Crippen molar-refractivity contribution in [2.75, 3.05) is 0 Å². The van der Waals surface area contributed by atoms with Crippen LogP contribution in [0.15, 0.2) is 194 Å². The van der Waals surface area contributed by atoms with Crippen LogP contribution in [0.3, 0.4) is 0 Å². The number of benzene rings is 11. The Labute approximate surface area is 317 Å². The number of aromatic nitrogens is 2. The molecule has 55 heavy (non-hydrogen) atoms. The number of imidazole rings is 1. The van der Waals surface area contributed by atoms with Gasteiger partial charge in [-0.1, -0.05) is 176 Å². The molecule has 0 bridgehead atoms. The minimum atomic E-state index is 0.928. The van der Waals surface area contributed by atoms with Crippen LogP contribution in [-0.2, 0) is 0 Å². The zero-order valence-electron chi connectivity index (χ0n) is 29.9. The zero-order chi connectivity index (χ0) is 36.0. The molecule has 12 aromatic rings. The van der Waals surface area contributed by atoms with Gasteiger partial charge in [0.15, 0.2) is 0 Å². The average Bonchev–Trinajstić information content (AvgIpc) is 3.64. The third-order valence-electron chi connectivity index (χ3n) is 11.7. The molecule has 2 nitrogen and oxygen atoms in total. The first-order valence-electron chi connectivity index (χ1n) is 19.0. The van der Waals surface area contributed by atoms with Crippen LogP contribution in [0.4, 0.5) is 0 Å². The van der Waals surface area contributed by atoms with Crippen molar-refractivity contribution in [3.8, 4) is 39.3 Å². The summed E-state index contributed by atoms with van der Waals surface area (Å²) in [5, 5.41) is 14.8. The molecular formula is C53H32N2. The van der Waals surface area contributed by atoms with Crippen molar-refractivity contribution >= 4 is 75.7 Å². The van der Waals surface area contributed by atoms with E-state index in [1.807, 2.05) is 0 Å². The molecule has 0 atom stereocenters. The van der Waals surface area contributed by atoms with Gasteiger partial charge in [0, 0.05) is 22.4 Å². The second-order valence-electron chi connectivity index (χ2n) is 14.6. The molecule has 0 aliphatic carbocycles. The van der Waals surface area contributed by atoms with E-state index >= 15 is 0 Å². The Balaban J connectivity index is 1.34. The van der Waals surface area contributed by atoms with E-state index in [0.717, 1.165) is 33.7 Å². The molecule has 0 unspecified atom stereocenters. The summed E-state index contributed by atoms with van der Waals surface area (Å²) in [4.78, 5) is 5.90. The third-order valence-corrected chi connectivity index (χ3v) is 11.7. The van der Waals surface area contributed by atoms with Gasteiger partial charge in [-0.25, -0.2) is 4.98 Å². The highest BCUT2D eigenvalue weighted by Crippen LogP contribution is 2.49. The number of nitrogens with zero attached hydrogens (tertiary/aromatic N) is 2. The predicted octanol–water partition coefficient (Wildman–Crippen LogP) is 14.4. The third kappa shape index (κ3) is 4.34. The molecule has 0 aliphatic rings. The molecule has 0 saturated heterocycles. The number of fused-ring (bicyclic) bond motifs is 4. The van der Waals surface area contributed by atoms with Crippen LogP contribution in [-0.4, -0.2) is 9.55 Å². The number of hydrogen-bond donors (Lipinski definition) is 0. The van der Waals surface area contributed by atoms with Gasteiger partial charge in [-0.3, -0.25) is 4.57 Å². The standard InChI is InChI=1S/C53H32N2/c1-2-19-38(20-3-1)55-52-50(42-26-12-16-34-14-5-7-22-40(34)42)44-24-9-8-23-43(44)49(41-25-11-15-33-13-4-6-21-39(33)41)51(52)54-53(55)46-32-30-37-28-27-35-17-10-18-36-29-31-45(46)48(37)47(35)36/h1-32H. The van der Waals surface area contributed by atoms with E-state index in [2.05, 4.69) is 199 Å². The summed E-state index contributed by atoms with van der Waals surface area (Å²) in [5.41, 5.74) is 9.00. The van der Waals surface area contributed by atoms with E-state index < -0.39 is 0 Å². The Morgan fingerprint density at radius 1 is 0.309 bits per heavy atom. The van der Waals surface area contributed by atoms with Crippen molar-refractivity contribution < 1.29 is 0 Å². The first-order valence-corrected chi connectivity index (χ1v) is 19.0. The molecule has 0 spiro atoms. The first-order chi connectivity index (χ1) is 27.3. The van der Waals surface area contributed by atoms with Crippen LogP contribution in [0.1, 0.15) is 0 Å². The molecule has 11 aromatic carbocycles. The molecule has 0 radical (unpaired) electrons. The van der Waals surface area contributed by atoms with Gasteiger partial charge in [-0.2, -0.15) is 0 Å². The van der Waals surface area contributed by atoms with Crippen LogP contribution in [0, 0.1) is 0 Å². The van der Waals surface area contributed by atoms with Crippen LogP contribution in [0.2, 0.25) is 0 Å². The Morgan fingerprint density at radius 3 is 1.49 bits per heavy atom. The maximum atomic E-state index is 5.90. The van der Waals surface area contributed by atoms with Crippen molar-refractivity contribution in [1.29, 1.82) is 0 Å². The van der Waals surface area contributed by atoms with Gasteiger partial charge in [-0.15, -0.1) is 0 Å². The minimum absolute atomic E-state index is 0.928. The summed E-state index contributed by atoms with van der Waals surface area (Å²) in [6.07, 6.45) is 0. The summed E-state index contributed by atoms with van der Waals surface area (Å²) in [5.74, 6) is 0.928. The first kappa shape index (κ1) is 30.2. The SMILES string of the molecule is c1ccc(-n2c(-c3ccc4ccc5cccc6ccc3c4c56)nc3c(-c4cccc5ccccc45)c4ccccc4c(-c4cccc5ccccc45)c32)cc1. The van der Waals surface area contributed by atoms with Crippen molar-refractivity contribution in [2.24, 2.45) is 0 Å². The lowest BCUT2D eigenvalue weighted by Crippen LogP contribution is -2.00. The smallest absolute Gasteiger partial charge is 0.146 e. The monoisotopic (exact) mass is 696 g/mol. The van der Waals surface area contributed by atoms with Gasteiger partial charge >= 0.3 is 0 Å². The van der Waals surface area contributed by atoms with E-state index in [4.69, 9.17) is 4.98 Å². The number of para-hydroxylation sites is 1. The van der Waals surface area contributed by atoms with E-state index in [1.165, 1.54) is 81.3 Å². The van der Waals surface area contributed by atoms with Gasteiger partial charge in [0.2, 0.25) is 0 Å². The average molecular weight is 697 g/mol. The Hall–Kier alpha value is -7.29. The van der Waals surface area contributed by atoms with Crippen molar-refractivity contribution in [2.45, 2.75) is 0 Å². The van der Waals surface area contributed by atoms with Crippen molar-refractivity contribution in [3.05, 3.63) is 194 Å². The highest BCUT2D eigenvalue weighted by Gasteiger charge is 2.27. The predicted molar refractivity (Wildman–Crippen MR) is 234 cm³/mol. The van der Waals surface area contributed by atoms with E-state index in [-0.39, 0.29) is 0 Å². The number of hydrogen-bond acceptors (Lipinski definition) is 1. The molecule has 1 aromatic heterocycles. The molecule has 254 valence electrons. The van der Waals surface area contributed by atoms with E-state index in [0.29, 0.717) is 0 Å². The molecule has 1 heterocycles. The fourth-order valence-corrected chi connectivity index (χ4v) is 9.37. The van der Waals surface area contributed by atoms with Gasteiger partial charge in [0.1, 0.15) is 5.82 Å². The molecule has 0 amide bonds. The fraction of sp³-hybridized carbons (Fsp3) is 0. The highest BCUT2D eigenvalue weighted by molar-refractivity contribution is 6.27. The summed E-state index contributed by atoms with van der Waals surface area (Å²) in [6.45, 7) is 0. The lowest BCUT2D eigenvalue weighted by molar-refractivity contribution is 1.11. The van der Waals surface area contributed by atoms with Gasteiger partial charge in [0.25, 0.3) is 0 Å². The zero-order valence-corrected chi connectivity index (χ0v) is 29.9. The van der Waals surface area contributed by atoms with Crippen LogP contribution >= 0.6 is 0 Å². The van der Waals surface area contributed by atoms with Crippen molar-refractivity contribution in [3.63, 3.8) is 0 Å². The Morgan fingerprint density at radius 2 is 0.800 bits per heavy atom. The summed E-state index contributed by atoms with van der Waals surface area (Å²) in [6, 6.07) is 70.9.